The highest BCUT2D eigenvalue weighted by atomic mass is 16.7. The van der Waals surface area contributed by atoms with Crippen LogP contribution in [0.3, 0.4) is 0 Å². The lowest BCUT2D eigenvalue weighted by atomic mass is 9.82. The summed E-state index contributed by atoms with van der Waals surface area (Å²) in [6.07, 6.45) is -4.11. The van der Waals surface area contributed by atoms with Crippen molar-refractivity contribution in [3.63, 3.8) is 0 Å². The summed E-state index contributed by atoms with van der Waals surface area (Å²) in [6, 6.07) is -0.782. The molecule has 16 nitrogen and oxygen atoms in total. The summed E-state index contributed by atoms with van der Waals surface area (Å²) in [6.45, 7) is 13.5. The Labute approximate surface area is 343 Å². The van der Waals surface area contributed by atoms with Crippen LogP contribution in [0.4, 0.5) is 0 Å². The lowest BCUT2D eigenvalue weighted by Gasteiger charge is -2.50. The third kappa shape index (κ3) is 14.2. The van der Waals surface area contributed by atoms with Crippen molar-refractivity contribution in [1.82, 2.24) is 4.90 Å². The highest BCUT2D eigenvalue weighted by Gasteiger charge is 2.53. The molecule has 0 aromatic rings. The summed E-state index contributed by atoms with van der Waals surface area (Å²) in [5.41, 5.74) is -1.50. The zero-order valence-corrected chi connectivity index (χ0v) is 36.1. The Morgan fingerprint density at radius 1 is 1.02 bits per heavy atom. The number of hydrogen-bond donors (Lipinski definition) is 3. The van der Waals surface area contributed by atoms with Gasteiger partial charge in [0.15, 0.2) is 18.7 Å². The molecule has 332 valence electrons. The number of aldehydes is 1. The average Bonchev–Trinajstić information content (AvgIpc) is 3.09. The van der Waals surface area contributed by atoms with Crippen molar-refractivity contribution in [3.05, 3.63) is 24.3 Å². The minimum Gasteiger partial charge on any atom is -0.462 e. The number of carbonyl (C=O) groups is 4. The molecule has 0 aliphatic carbocycles. The number of ether oxygens (including phenoxy) is 8. The van der Waals surface area contributed by atoms with E-state index in [-0.39, 0.29) is 31.6 Å². The van der Waals surface area contributed by atoms with Crippen LogP contribution >= 0.6 is 0 Å². The number of esters is 3. The summed E-state index contributed by atoms with van der Waals surface area (Å²) in [4.78, 5) is 52.3. The number of rotatable bonds is 12. The third-order valence-corrected chi connectivity index (χ3v) is 10.9. The Kier molecular flexibility index (Phi) is 19.4. The maximum Gasteiger partial charge on any atom is 0.309 e. The fourth-order valence-electron chi connectivity index (χ4n) is 8.08. The number of carbonyl (C=O) groups excluding carboxylic acids is 4. The quantitative estimate of drug-likeness (QED) is 0.147. The monoisotopic (exact) mass is 827 g/mol. The Morgan fingerprint density at radius 3 is 2.29 bits per heavy atom. The predicted molar refractivity (Wildman–Crippen MR) is 210 cm³/mol. The molecule has 0 amide bonds. The van der Waals surface area contributed by atoms with Crippen LogP contribution in [0.15, 0.2) is 24.3 Å². The molecule has 0 aromatic heterocycles. The summed E-state index contributed by atoms with van der Waals surface area (Å²) in [5.74, 6) is -2.82. The first-order valence-corrected chi connectivity index (χ1v) is 20.4. The van der Waals surface area contributed by atoms with E-state index in [2.05, 4.69) is 0 Å². The highest BCUT2D eigenvalue weighted by Crippen LogP contribution is 2.38. The Balaban J connectivity index is 1.98. The molecular formula is C42H69NO15. The summed E-state index contributed by atoms with van der Waals surface area (Å²) >= 11 is 0. The molecule has 2 saturated heterocycles. The van der Waals surface area contributed by atoms with Gasteiger partial charge in [-0.1, -0.05) is 45.1 Å². The van der Waals surface area contributed by atoms with Crippen LogP contribution in [-0.2, 0) is 57.1 Å². The van der Waals surface area contributed by atoms with Gasteiger partial charge in [-0.05, 0) is 66.0 Å². The van der Waals surface area contributed by atoms with Crippen LogP contribution in [0.5, 0.6) is 0 Å². The van der Waals surface area contributed by atoms with Crippen LogP contribution in [0.25, 0.3) is 0 Å². The van der Waals surface area contributed by atoms with E-state index in [0.717, 1.165) is 0 Å². The second kappa shape index (κ2) is 22.7. The Hall–Kier alpha value is -2.80. The first-order valence-electron chi connectivity index (χ1n) is 20.4. The second-order valence-corrected chi connectivity index (χ2v) is 17.0. The molecule has 3 N–H and O–H groups in total. The molecule has 0 aromatic carbocycles. The molecule has 3 rings (SSSR count). The van der Waals surface area contributed by atoms with E-state index >= 15 is 0 Å². The van der Waals surface area contributed by atoms with Gasteiger partial charge in [0, 0.05) is 39.7 Å². The predicted octanol–water partition coefficient (Wildman–Crippen LogP) is 3.01. The van der Waals surface area contributed by atoms with Gasteiger partial charge in [0.25, 0.3) is 0 Å². The van der Waals surface area contributed by atoms with Crippen molar-refractivity contribution < 1.29 is 72.4 Å². The normalized spacial score (nSPS) is 40.7. The van der Waals surface area contributed by atoms with Gasteiger partial charge in [-0.25, -0.2) is 0 Å². The van der Waals surface area contributed by atoms with Crippen LogP contribution in [0, 0.1) is 17.8 Å². The zero-order chi connectivity index (χ0) is 43.5. The lowest BCUT2D eigenvalue weighted by Crippen LogP contribution is -2.66. The number of nitrogens with zero attached hydrogens (tertiary/aromatic N) is 1. The van der Waals surface area contributed by atoms with Gasteiger partial charge in [0.05, 0.1) is 36.9 Å². The third-order valence-electron chi connectivity index (χ3n) is 10.9. The van der Waals surface area contributed by atoms with Crippen molar-refractivity contribution in [2.24, 2.45) is 17.8 Å². The first-order chi connectivity index (χ1) is 27.2. The molecule has 0 saturated carbocycles. The summed E-state index contributed by atoms with van der Waals surface area (Å²) in [5, 5.41) is 34.6. The van der Waals surface area contributed by atoms with E-state index < -0.39 is 121 Å². The SMILES string of the molecule is CO[C@@H]1[C@@H](OC2OC(C)C(OC3CC(C)(O)C(OC(=O)CC(C)C)C(C)O3)C(N(C)C)C2O)[C@@H](CC=O)C[C@@H](C)[C@@H](O)/C=C/C=C/C[C@@H](C)OC(=O)C[C@H]1OC(C)=O. The number of aliphatic hydroxyl groups excluding tert-OH is 2. The van der Waals surface area contributed by atoms with Gasteiger partial charge in [-0.3, -0.25) is 14.4 Å². The standard InChI is InChI=1S/C42H69NO15/c1-23(2)19-32(47)56-40-27(6)53-34(22-42(40,8)50)57-37-26(5)54-41(36(49)35(37)43(9)10)58-38-29(17-18-44)20-24(3)30(46)16-14-12-13-15-25(4)52-33(48)21-31(39(38)51-11)55-28(7)45/h12-14,16,18,23-27,29-31,34-41,46,49-50H,15,17,19-22H2,1-11H3/b13-12+,16-14+/t24-,25-,26?,27?,29+,30+,31-,34?,35?,36?,37?,38+,39+,40?,41?,42?/m1/s1. The molecule has 3 aliphatic rings. The van der Waals surface area contributed by atoms with Gasteiger partial charge in [-0.2, -0.15) is 0 Å². The molecule has 16 atom stereocenters. The molecule has 16 heteroatoms. The minimum absolute atomic E-state index is 0.0460. The van der Waals surface area contributed by atoms with E-state index in [0.29, 0.717) is 12.7 Å². The second-order valence-electron chi connectivity index (χ2n) is 17.0. The van der Waals surface area contributed by atoms with E-state index in [1.165, 1.54) is 14.0 Å². The van der Waals surface area contributed by atoms with Crippen molar-refractivity contribution in [2.75, 3.05) is 21.2 Å². The largest absolute Gasteiger partial charge is 0.462 e. The van der Waals surface area contributed by atoms with Crippen molar-refractivity contribution in [2.45, 2.75) is 179 Å². The van der Waals surface area contributed by atoms with Gasteiger partial charge in [-0.15, -0.1) is 0 Å². The number of likely N-dealkylation sites (N-methyl/N-ethyl adjacent to an activating group) is 1. The van der Waals surface area contributed by atoms with Gasteiger partial charge < -0.3 is 62.9 Å². The van der Waals surface area contributed by atoms with Gasteiger partial charge >= 0.3 is 17.9 Å². The van der Waals surface area contributed by atoms with E-state index in [1.807, 2.05) is 20.8 Å². The molecule has 0 spiro atoms. The maximum absolute atomic E-state index is 13.2. The van der Waals surface area contributed by atoms with Crippen LogP contribution in [0.2, 0.25) is 0 Å². The molecular weight excluding hydrogens is 758 g/mol. The van der Waals surface area contributed by atoms with Crippen molar-refractivity contribution >= 4 is 24.2 Å². The van der Waals surface area contributed by atoms with Crippen LogP contribution < -0.4 is 0 Å². The number of aliphatic hydroxyl groups is 3. The summed E-state index contributed by atoms with van der Waals surface area (Å²) < 4.78 is 48.6. The van der Waals surface area contributed by atoms with Crippen molar-refractivity contribution in [1.29, 1.82) is 0 Å². The number of hydrogen-bond acceptors (Lipinski definition) is 16. The molecule has 9 unspecified atom stereocenters. The van der Waals surface area contributed by atoms with E-state index in [9.17, 15) is 34.5 Å². The van der Waals surface area contributed by atoms with Crippen molar-refractivity contribution in [3.8, 4) is 0 Å². The van der Waals surface area contributed by atoms with Crippen LogP contribution in [0.1, 0.15) is 93.9 Å². The smallest absolute Gasteiger partial charge is 0.309 e. The topological polar surface area (TPSA) is 206 Å². The number of cyclic esters (lactones) is 1. The van der Waals surface area contributed by atoms with Gasteiger partial charge in [0.2, 0.25) is 0 Å². The zero-order valence-electron chi connectivity index (χ0n) is 36.1. The van der Waals surface area contributed by atoms with Crippen LogP contribution in [-0.4, -0.2) is 151 Å². The fraction of sp³-hybridized carbons (Fsp3) is 0.810. The summed E-state index contributed by atoms with van der Waals surface area (Å²) in [7, 11) is 4.86. The molecule has 3 heterocycles. The molecule has 3 aliphatic heterocycles. The minimum atomic E-state index is -1.50. The number of allylic oxidation sites excluding steroid dienone is 2. The average molecular weight is 828 g/mol. The fourth-order valence-corrected chi connectivity index (χ4v) is 8.08. The molecule has 0 bridgehead atoms. The van der Waals surface area contributed by atoms with E-state index in [4.69, 9.17) is 37.9 Å². The molecule has 58 heavy (non-hydrogen) atoms. The van der Waals surface area contributed by atoms with Gasteiger partial charge in [0.1, 0.15) is 42.4 Å². The first kappa shape index (κ1) is 49.6. The molecule has 2 fully saturated rings. The maximum atomic E-state index is 13.2. The van der Waals surface area contributed by atoms with E-state index in [1.54, 1.807) is 71.0 Å². The number of methoxy groups -OCH3 is 1. The Bertz CT molecular complexity index is 1390. The Morgan fingerprint density at radius 2 is 1.71 bits per heavy atom. The highest BCUT2D eigenvalue weighted by molar-refractivity contribution is 5.72. The molecule has 0 radical (unpaired) electrons. The lowest BCUT2D eigenvalue weighted by molar-refractivity contribution is -0.344.